The normalized spacial score (nSPS) is 15.3. The molecule has 0 spiro atoms. The van der Waals surface area contributed by atoms with E-state index in [2.05, 4.69) is 10.3 Å². The summed E-state index contributed by atoms with van der Waals surface area (Å²) < 4.78 is 12.6. The van der Waals surface area contributed by atoms with Crippen molar-refractivity contribution in [3.63, 3.8) is 0 Å². The van der Waals surface area contributed by atoms with Crippen LogP contribution in [0.25, 0.3) is 0 Å². The second-order valence-corrected chi connectivity index (χ2v) is 4.29. The molecule has 1 aliphatic carbocycles. The zero-order valence-electron chi connectivity index (χ0n) is 11.1. The maximum atomic E-state index is 12.6. The van der Waals surface area contributed by atoms with Crippen molar-refractivity contribution < 1.29 is 9.18 Å². The Bertz CT molecular complexity index is 430. The molecule has 1 saturated carbocycles. The van der Waals surface area contributed by atoms with Crippen LogP contribution >= 0.6 is 0 Å². The Kier molecular flexibility index (Phi) is 4.64. The fourth-order valence-corrected chi connectivity index (χ4v) is 1.54. The molecule has 0 atom stereocenters. The lowest BCUT2D eigenvalue weighted by molar-refractivity contribution is 0.0922. The molecule has 1 heterocycles. The number of alkyl halides is 1. The van der Waals surface area contributed by atoms with Gasteiger partial charge >= 0.3 is 0 Å². The van der Waals surface area contributed by atoms with Crippen LogP contribution in [0.15, 0.2) is 12.3 Å². The average molecular weight is 253 g/mol. The highest BCUT2D eigenvalue weighted by Crippen LogP contribution is 2.36. The van der Waals surface area contributed by atoms with Gasteiger partial charge < -0.3 is 11.1 Å². The van der Waals surface area contributed by atoms with E-state index in [1.807, 2.05) is 13.8 Å². The lowest BCUT2D eigenvalue weighted by Crippen LogP contribution is -2.38. The molecular formula is C13H20FN3O. The van der Waals surface area contributed by atoms with Crippen LogP contribution in [0.1, 0.15) is 42.6 Å². The SMILES string of the molecule is CC.Cc1cnc(N)cc1C(=O)NC1(CF)CC1. The molecule has 1 aliphatic rings. The number of hydrogen-bond donors (Lipinski definition) is 2. The minimum Gasteiger partial charge on any atom is -0.384 e. The molecule has 2 rings (SSSR count). The van der Waals surface area contributed by atoms with Crippen LogP contribution in [0.2, 0.25) is 0 Å². The summed E-state index contributed by atoms with van der Waals surface area (Å²) >= 11 is 0. The van der Waals surface area contributed by atoms with Gasteiger partial charge in [-0.1, -0.05) is 13.8 Å². The number of aromatic nitrogens is 1. The highest BCUT2D eigenvalue weighted by Gasteiger charge is 2.44. The van der Waals surface area contributed by atoms with Crippen molar-refractivity contribution in [2.24, 2.45) is 0 Å². The summed E-state index contributed by atoms with van der Waals surface area (Å²) in [5.41, 5.74) is 6.09. The number of carbonyl (C=O) groups excluding carboxylic acids is 1. The van der Waals surface area contributed by atoms with Gasteiger partial charge in [0.1, 0.15) is 12.5 Å². The minimum absolute atomic E-state index is 0.276. The second kappa shape index (κ2) is 5.80. The molecule has 18 heavy (non-hydrogen) atoms. The summed E-state index contributed by atoms with van der Waals surface area (Å²) in [4.78, 5) is 15.7. The number of aryl methyl sites for hydroxylation is 1. The Morgan fingerprint density at radius 3 is 2.67 bits per heavy atom. The van der Waals surface area contributed by atoms with Crippen molar-refractivity contribution in [3.8, 4) is 0 Å². The zero-order valence-corrected chi connectivity index (χ0v) is 11.1. The van der Waals surface area contributed by atoms with E-state index in [0.717, 1.165) is 5.56 Å². The molecule has 0 saturated heterocycles. The number of rotatable bonds is 3. The topological polar surface area (TPSA) is 68.0 Å². The lowest BCUT2D eigenvalue weighted by atomic mass is 10.1. The maximum Gasteiger partial charge on any atom is 0.252 e. The predicted octanol–water partition coefficient (Wildman–Crippen LogP) is 2.23. The van der Waals surface area contributed by atoms with Crippen molar-refractivity contribution in [2.75, 3.05) is 12.4 Å². The number of amides is 1. The highest BCUT2D eigenvalue weighted by molar-refractivity contribution is 5.96. The summed E-state index contributed by atoms with van der Waals surface area (Å²) in [5, 5.41) is 2.70. The average Bonchev–Trinajstić information content (AvgIpc) is 3.15. The van der Waals surface area contributed by atoms with Gasteiger partial charge in [0.15, 0.2) is 0 Å². The smallest absolute Gasteiger partial charge is 0.252 e. The molecule has 1 aromatic rings. The number of nitrogen functional groups attached to an aromatic ring is 1. The van der Waals surface area contributed by atoms with Crippen molar-refractivity contribution in [1.29, 1.82) is 0 Å². The molecule has 3 N–H and O–H groups in total. The van der Waals surface area contributed by atoms with Crippen LogP contribution in [0.4, 0.5) is 10.2 Å². The maximum absolute atomic E-state index is 12.6. The Morgan fingerprint density at radius 1 is 1.56 bits per heavy atom. The van der Waals surface area contributed by atoms with E-state index < -0.39 is 12.2 Å². The number of nitrogens with one attached hydrogen (secondary N) is 1. The number of nitrogens with two attached hydrogens (primary N) is 1. The number of hydrogen-bond acceptors (Lipinski definition) is 3. The van der Waals surface area contributed by atoms with E-state index in [1.165, 1.54) is 6.07 Å². The number of carbonyl (C=O) groups is 1. The van der Waals surface area contributed by atoms with Crippen LogP contribution in [0.5, 0.6) is 0 Å². The van der Waals surface area contributed by atoms with E-state index in [4.69, 9.17) is 5.73 Å². The van der Waals surface area contributed by atoms with E-state index in [0.29, 0.717) is 24.2 Å². The number of pyridine rings is 1. The second-order valence-electron chi connectivity index (χ2n) is 4.29. The van der Waals surface area contributed by atoms with E-state index in [1.54, 1.807) is 13.1 Å². The first-order valence-electron chi connectivity index (χ1n) is 6.17. The third-order valence-electron chi connectivity index (χ3n) is 2.86. The van der Waals surface area contributed by atoms with Gasteiger partial charge in [0.05, 0.1) is 5.54 Å². The third kappa shape index (κ3) is 3.18. The van der Waals surface area contributed by atoms with Gasteiger partial charge in [0.25, 0.3) is 5.91 Å². The monoisotopic (exact) mass is 253 g/mol. The molecule has 1 amide bonds. The van der Waals surface area contributed by atoms with Gasteiger partial charge in [-0.3, -0.25) is 4.79 Å². The fraction of sp³-hybridized carbons (Fsp3) is 0.538. The largest absolute Gasteiger partial charge is 0.384 e. The molecule has 4 nitrogen and oxygen atoms in total. The predicted molar refractivity (Wildman–Crippen MR) is 70.1 cm³/mol. The Balaban J connectivity index is 0.000000771. The van der Waals surface area contributed by atoms with Crippen LogP contribution in [-0.4, -0.2) is 23.1 Å². The van der Waals surface area contributed by atoms with Crippen LogP contribution in [-0.2, 0) is 0 Å². The van der Waals surface area contributed by atoms with Crippen LogP contribution in [0, 0.1) is 6.92 Å². The third-order valence-corrected chi connectivity index (χ3v) is 2.86. The molecule has 0 radical (unpaired) electrons. The number of nitrogens with zero attached hydrogens (tertiary/aromatic N) is 1. The summed E-state index contributed by atoms with van der Waals surface area (Å²) in [5.74, 6) is 0.0163. The van der Waals surface area contributed by atoms with Crippen molar-refractivity contribution in [3.05, 3.63) is 23.4 Å². The van der Waals surface area contributed by atoms with Crippen molar-refractivity contribution in [1.82, 2.24) is 10.3 Å². The van der Waals surface area contributed by atoms with Gasteiger partial charge in [-0.25, -0.2) is 9.37 Å². The summed E-state index contributed by atoms with van der Waals surface area (Å²) in [7, 11) is 0. The van der Waals surface area contributed by atoms with Crippen molar-refractivity contribution >= 4 is 11.7 Å². The standard InChI is InChI=1S/C11H14FN3O.C2H6/c1-7-5-14-9(13)4-8(7)10(16)15-11(6-12)2-3-11;1-2/h4-5H,2-3,6H2,1H3,(H2,13,14)(H,15,16);1-2H3. The molecule has 0 aromatic carbocycles. The van der Waals surface area contributed by atoms with Gasteiger partial charge in [-0.15, -0.1) is 0 Å². The molecular weight excluding hydrogens is 233 g/mol. The summed E-state index contributed by atoms with van der Waals surface area (Å²) in [6.07, 6.45) is 2.95. The first-order valence-corrected chi connectivity index (χ1v) is 6.17. The molecule has 0 aliphatic heterocycles. The molecule has 0 unspecified atom stereocenters. The quantitative estimate of drug-likeness (QED) is 0.868. The van der Waals surface area contributed by atoms with Crippen LogP contribution in [0.3, 0.4) is 0 Å². The lowest BCUT2D eigenvalue weighted by Gasteiger charge is -2.14. The molecule has 0 bridgehead atoms. The van der Waals surface area contributed by atoms with Crippen molar-refractivity contribution in [2.45, 2.75) is 39.2 Å². The number of halogens is 1. The molecule has 100 valence electrons. The first-order chi connectivity index (χ1) is 8.56. The van der Waals surface area contributed by atoms with E-state index in [9.17, 15) is 9.18 Å². The number of anilines is 1. The van der Waals surface area contributed by atoms with Gasteiger partial charge in [-0.05, 0) is 31.4 Å². The molecule has 1 fully saturated rings. The van der Waals surface area contributed by atoms with Gasteiger partial charge in [0, 0.05) is 11.8 Å². The fourth-order valence-electron chi connectivity index (χ4n) is 1.54. The minimum atomic E-state index is -0.623. The van der Waals surface area contributed by atoms with Gasteiger partial charge in [0.2, 0.25) is 0 Å². The Morgan fingerprint density at radius 2 is 2.17 bits per heavy atom. The van der Waals surface area contributed by atoms with Gasteiger partial charge in [-0.2, -0.15) is 0 Å². The molecule has 5 heteroatoms. The Hall–Kier alpha value is -1.65. The summed E-state index contributed by atoms with van der Waals surface area (Å²) in [6, 6.07) is 1.51. The Labute approximate surface area is 107 Å². The molecule has 1 aromatic heterocycles. The van der Waals surface area contributed by atoms with Crippen LogP contribution < -0.4 is 11.1 Å². The van der Waals surface area contributed by atoms with E-state index >= 15 is 0 Å². The zero-order chi connectivity index (χ0) is 13.8. The highest BCUT2D eigenvalue weighted by atomic mass is 19.1. The van der Waals surface area contributed by atoms with E-state index in [-0.39, 0.29) is 5.91 Å². The first kappa shape index (κ1) is 14.4. The summed E-state index contributed by atoms with van der Waals surface area (Å²) in [6.45, 7) is 5.26.